The largest absolute Gasteiger partial charge is 0.481 e. The molecule has 20 nitrogen and oxygen atoms in total. The van der Waals surface area contributed by atoms with Gasteiger partial charge >= 0.3 is 11.9 Å². The van der Waals surface area contributed by atoms with Gasteiger partial charge in [-0.3, -0.25) is 19.2 Å². The quantitative estimate of drug-likeness (QED) is 0.0945. The van der Waals surface area contributed by atoms with Crippen molar-refractivity contribution >= 4 is 23.8 Å². The van der Waals surface area contributed by atoms with Crippen LogP contribution >= 0.6 is 0 Å². The van der Waals surface area contributed by atoms with Crippen molar-refractivity contribution in [1.29, 1.82) is 0 Å². The molecule has 2 atom stereocenters. The van der Waals surface area contributed by atoms with Crippen LogP contribution in [0.3, 0.4) is 0 Å². The van der Waals surface area contributed by atoms with E-state index >= 15 is 0 Å². The average molecular weight is 895 g/mol. The lowest BCUT2D eigenvalue weighted by Gasteiger charge is -2.41. The molecule has 0 aliphatic carbocycles. The Morgan fingerprint density at radius 3 is 1.22 bits per heavy atom. The predicted molar refractivity (Wildman–Crippen MR) is 247 cm³/mol. The summed E-state index contributed by atoms with van der Waals surface area (Å²) in [5, 5.41) is 70.2. The highest BCUT2D eigenvalue weighted by Crippen LogP contribution is 2.18. The molecule has 4 bridgehead atoms. The summed E-state index contributed by atoms with van der Waals surface area (Å²) in [6, 6.07) is -0.00312. The molecule has 16 N–H and O–H groups in total. The molecule has 6 heterocycles. The Morgan fingerprint density at radius 1 is 0.444 bits per heavy atom. The fourth-order valence-corrected chi connectivity index (χ4v) is 9.10. The van der Waals surface area contributed by atoms with Crippen molar-refractivity contribution in [3.05, 3.63) is 0 Å². The van der Waals surface area contributed by atoms with Crippen LogP contribution in [0.1, 0.15) is 65.2 Å². The summed E-state index contributed by atoms with van der Waals surface area (Å²) >= 11 is 0. The van der Waals surface area contributed by atoms with E-state index in [2.05, 4.69) is 88.3 Å². The van der Waals surface area contributed by atoms with E-state index in [1.54, 1.807) is 0 Å². The van der Waals surface area contributed by atoms with Gasteiger partial charge in [-0.05, 0) is 51.9 Å². The van der Waals surface area contributed by atoms with Gasteiger partial charge in [-0.15, -0.1) is 0 Å². The van der Waals surface area contributed by atoms with E-state index in [-0.39, 0.29) is 73.1 Å². The lowest BCUT2D eigenvalue weighted by molar-refractivity contribution is -0.138. The molecular formula is C43H86N14O6. The maximum Gasteiger partial charge on any atom is 0.303 e. The number of hydrogen-bond donors (Lipinski definition) is 16. The Hall–Kier alpha value is -2.60. The van der Waals surface area contributed by atoms with E-state index in [0.717, 1.165) is 111 Å². The summed E-state index contributed by atoms with van der Waals surface area (Å²) in [6.45, 7) is 21.0. The highest BCUT2D eigenvalue weighted by atomic mass is 16.4. The number of fused-ring (bicyclic) bond motifs is 34. The Morgan fingerprint density at radius 2 is 0.778 bits per heavy atom. The molecular weight excluding hydrogens is 809 g/mol. The molecule has 6 aliphatic heterocycles. The standard InChI is InChI=1S/C43H86N14O6/c1-40-22-44-11-5-13-46-28-42(29-47-14-6-12-45-23-40,56-36(58)7-3-9-38(60)61)32-53-20-34(19-52-26-40)35-21-54-33-43(57-37(59)8-4-10-39(62)63)30-50-17-15-48-24-41(2,27-55-35)25-49-16-18-51-31-43/h34-35,44-55H,3-33H2,1-2H3,(H,56,58)(H,57,59)(H,60,61)(H,62,63)/t34?,35?,40-,41-,42-,43-. The smallest absolute Gasteiger partial charge is 0.303 e. The minimum atomic E-state index is -0.909. The number of hydrogen-bond acceptors (Lipinski definition) is 16. The van der Waals surface area contributed by atoms with Crippen LogP contribution in [-0.2, 0) is 19.2 Å². The summed E-state index contributed by atoms with van der Waals surface area (Å²) < 4.78 is 0. The lowest BCUT2D eigenvalue weighted by atomic mass is 9.87. The van der Waals surface area contributed by atoms with Gasteiger partial charge in [0.15, 0.2) is 0 Å². The topological polar surface area (TPSA) is 277 Å². The highest BCUT2D eigenvalue weighted by molar-refractivity contribution is 5.78. The Labute approximate surface area is 376 Å². The van der Waals surface area contributed by atoms with Crippen LogP contribution in [0.4, 0.5) is 0 Å². The first-order valence-corrected chi connectivity index (χ1v) is 23.9. The van der Waals surface area contributed by atoms with Crippen LogP contribution in [0.15, 0.2) is 0 Å². The molecule has 6 saturated heterocycles. The lowest BCUT2D eigenvalue weighted by Crippen LogP contribution is -2.67. The summed E-state index contributed by atoms with van der Waals surface area (Å²) in [7, 11) is 0. The fraction of sp³-hybridized carbons (Fsp3) is 0.907. The predicted octanol–water partition coefficient (Wildman–Crippen LogP) is -3.89. The number of carbonyl (C=O) groups is 4. The van der Waals surface area contributed by atoms with Gasteiger partial charge in [-0.2, -0.15) is 0 Å². The third kappa shape index (κ3) is 21.1. The van der Waals surface area contributed by atoms with Gasteiger partial charge in [0.2, 0.25) is 11.8 Å². The molecule has 0 aromatic carbocycles. The summed E-state index contributed by atoms with van der Waals surface area (Å²) in [5.41, 5.74) is -1.49. The fourth-order valence-electron chi connectivity index (χ4n) is 9.10. The van der Waals surface area contributed by atoms with E-state index < -0.39 is 23.0 Å². The van der Waals surface area contributed by atoms with Crippen LogP contribution in [0.25, 0.3) is 0 Å². The van der Waals surface area contributed by atoms with Gasteiger partial charge in [-0.25, -0.2) is 0 Å². The van der Waals surface area contributed by atoms with E-state index in [4.69, 9.17) is 0 Å². The zero-order valence-electron chi connectivity index (χ0n) is 38.6. The summed E-state index contributed by atoms with van der Waals surface area (Å²) in [4.78, 5) is 49.5. The number of nitrogens with one attached hydrogen (secondary N) is 14. The second-order valence-electron chi connectivity index (χ2n) is 19.5. The molecule has 0 radical (unpaired) electrons. The van der Waals surface area contributed by atoms with Gasteiger partial charge < -0.3 is 84.6 Å². The first kappa shape index (κ1) is 53.0. The Balaban J connectivity index is 1.66. The van der Waals surface area contributed by atoms with Crippen molar-refractivity contribution in [2.45, 2.75) is 82.3 Å². The van der Waals surface area contributed by atoms with Gasteiger partial charge in [0, 0.05) is 173 Å². The van der Waals surface area contributed by atoms with E-state index in [1.165, 1.54) is 0 Å². The van der Waals surface area contributed by atoms with Crippen LogP contribution in [-0.4, -0.2) is 202 Å². The van der Waals surface area contributed by atoms with E-state index in [0.29, 0.717) is 52.4 Å². The molecule has 20 heteroatoms. The average Bonchev–Trinajstić information content (AvgIpc) is 3.22. The second-order valence-corrected chi connectivity index (χ2v) is 19.5. The number of amides is 2. The third-order valence-corrected chi connectivity index (χ3v) is 12.8. The molecule has 6 rings (SSSR count). The maximum absolute atomic E-state index is 13.5. The number of carbonyl (C=O) groups excluding carboxylic acids is 2. The van der Waals surface area contributed by atoms with Gasteiger partial charge in [0.05, 0.1) is 11.1 Å². The van der Waals surface area contributed by atoms with Gasteiger partial charge in [0.1, 0.15) is 0 Å². The number of carboxylic acid groups (broad SMARTS) is 2. The molecule has 2 amide bonds. The monoisotopic (exact) mass is 895 g/mol. The van der Waals surface area contributed by atoms with Gasteiger partial charge in [-0.1, -0.05) is 13.8 Å². The molecule has 6 fully saturated rings. The van der Waals surface area contributed by atoms with Crippen LogP contribution < -0.4 is 74.4 Å². The molecule has 0 saturated carbocycles. The summed E-state index contributed by atoms with van der Waals surface area (Å²) in [5.74, 6) is -2.04. The third-order valence-electron chi connectivity index (χ3n) is 12.8. The number of rotatable bonds is 11. The van der Waals surface area contributed by atoms with Crippen molar-refractivity contribution in [3.63, 3.8) is 0 Å². The molecule has 0 aromatic rings. The van der Waals surface area contributed by atoms with E-state index in [9.17, 15) is 29.4 Å². The number of aliphatic carboxylic acids is 2. The first-order valence-electron chi connectivity index (χ1n) is 23.9. The number of carboxylic acids is 2. The Kier molecular flexibility index (Phi) is 23.9. The Bertz CT molecular complexity index is 1330. The maximum atomic E-state index is 13.5. The zero-order valence-corrected chi connectivity index (χ0v) is 38.6. The van der Waals surface area contributed by atoms with Gasteiger partial charge in [0.25, 0.3) is 0 Å². The van der Waals surface area contributed by atoms with Crippen LogP contribution in [0.2, 0.25) is 0 Å². The normalized spacial score (nSPS) is 32.5. The molecule has 2 unspecified atom stereocenters. The van der Waals surface area contributed by atoms with Crippen LogP contribution in [0, 0.1) is 16.7 Å². The minimum Gasteiger partial charge on any atom is -0.481 e. The SMILES string of the molecule is C[C@]12CNCCCNC[C@](NC(=O)CCCC(=O)O)(CNCCCNC1)CNCC(C1CNC[C@]3(NC(=O)CCCC(=O)O)CNCCNC[C@@](C)(CNCCNC3)CN1)CNC2. The minimum absolute atomic E-state index is 0.00312. The molecule has 0 spiro atoms. The van der Waals surface area contributed by atoms with Crippen molar-refractivity contribution in [3.8, 4) is 0 Å². The molecule has 0 aromatic heterocycles. The molecule has 63 heavy (non-hydrogen) atoms. The van der Waals surface area contributed by atoms with Crippen molar-refractivity contribution in [2.75, 3.05) is 151 Å². The first-order chi connectivity index (χ1) is 30.3. The highest BCUT2D eigenvalue weighted by Gasteiger charge is 2.36. The summed E-state index contributed by atoms with van der Waals surface area (Å²) in [6.07, 6.45) is 2.61. The van der Waals surface area contributed by atoms with Crippen LogP contribution in [0.5, 0.6) is 0 Å². The zero-order chi connectivity index (χ0) is 45.3. The molecule has 364 valence electrons. The molecule has 6 aliphatic rings. The van der Waals surface area contributed by atoms with Crippen molar-refractivity contribution in [1.82, 2.24) is 74.4 Å². The van der Waals surface area contributed by atoms with E-state index in [1.807, 2.05) is 0 Å². The van der Waals surface area contributed by atoms with Crippen molar-refractivity contribution in [2.24, 2.45) is 16.7 Å². The second kappa shape index (κ2) is 28.4. The van der Waals surface area contributed by atoms with Crippen molar-refractivity contribution < 1.29 is 29.4 Å².